The van der Waals surface area contributed by atoms with E-state index in [2.05, 4.69) is 29.6 Å². The van der Waals surface area contributed by atoms with E-state index >= 15 is 0 Å². The topological polar surface area (TPSA) is 24.4 Å². The van der Waals surface area contributed by atoms with E-state index in [4.69, 9.17) is 0 Å². The molecule has 0 saturated carbocycles. The fourth-order valence-electron chi connectivity index (χ4n) is 1.22. The van der Waals surface area contributed by atoms with Crippen LogP contribution in [0.25, 0.3) is 6.08 Å². The fraction of sp³-hybridized carbons (Fsp3) is 0.100. The van der Waals surface area contributed by atoms with Crippen molar-refractivity contribution < 1.29 is 0 Å². The van der Waals surface area contributed by atoms with Crippen LogP contribution in [0.5, 0.6) is 0 Å². The van der Waals surface area contributed by atoms with Gasteiger partial charge in [-0.3, -0.25) is 5.43 Å². The van der Waals surface area contributed by atoms with Gasteiger partial charge in [0.25, 0.3) is 0 Å². The van der Waals surface area contributed by atoms with Crippen LogP contribution < -0.4 is 5.43 Å². The zero-order valence-corrected chi connectivity index (χ0v) is 6.91. The normalized spacial score (nSPS) is 13.4. The largest absolute Gasteiger partial charge is 0.278 e. The Morgan fingerprint density at radius 3 is 3.17 bits per heavy atom. The van der Waals surface area contributed by atoms with Crippen LogP contribution in [-0.2, 0) is 0 Å². The minimum Gasteiger partial charge on any atom is -0.278 e. The predicted molar refractivity (Wildman–Crippen MR) is 52.3 cm³/mol. The van der Waals surface area contributed by atoms with Gasteiger partial charge in [-0.25, -0.2) is 0 Å². The van der Waals surface area contributed by atoms with Crippen molar-refractivity contribution in [2.24, 2.45) is 5.10 Å². The molecule has 0 fully saturated rings. The first-order valence-electron chi connectivity index (χ1n) is 3.93. The summed E-state index contributed by atoms with van der Waals surface area (Å²) in [4.78, 5) is 0. The number of nitrogens with one attached hydrogen (secondary N) is 1. The summed E-state index contributed by atoms with van der Waals surface area (Å²) in [6, 6.07) is 6.24. The Kier molecular flexibility index (Phi) is 1.67. The highest BCUT2D eigenvalue weighted by molar-refractivity contribution is 5.84. The van der Waals surface area contributed by atoms with Crippen LogP contribution in [0, 0.1) is 6.92 Å². The maximum absolute atomic E-state index is 3.98. The Hall–Kier alpha value is -1.57. The Morgan fingerprint density at radius 1 is 1.33 bits per heavy atom. The molecule has 0 spiro atoms. The molecule has 60 valence electrons. The molecular weight excluding hydrogens is 148 g/mol. The third kappa shape index (κ3) is 1.23. The molecule has 0 radical (unpaired) electrons. The van der Waals surface area contributed by atoms with E-state index in [1.807, 2.05) is 18.2 Å². The Morgan fingerprint density at radius 2 is 2.25 bits per heavy atom. The van der Waals surface area contributed by atoms with Gasteiger partial charge in [-0.05, 0) is 30.7 Å². The van der Waals surface area contributed by atoms with Crippen LogP contribution in [0.1, 0.15) is 11.1 Å². The van der Waals surface area contributed by atoms with Gasteiger partial charge in [0, 0.05) is 6.21 Å². The molecule has 1 aliphatic rings. The molecule has 0 unspecified atom stereocenters. The van der Waals surface area contributed by atoms with Crippen molar-refractivity contribution in [2.45, 2.75) is 6.92 Å². The highest BCUT2D eigenvalue weighted by Gasteiger charge is 1.99. The molecule has 0 atom stereocenters. The van der Waals surface area contributed by atoms with Crippen molar-refractivity contribution in [3.63, 3.8) is 0 Å². The van der Waals surface area contributed by atoms with Crippen LogP contribution >= 0.6 is 0 Å². The van der Waals surface area contributed by atoms with Crippen LogP contribution in [0.2, 0.25) is 0 Å². The summed E-state index contributed by atoms with van der Waals surface area (Å²) in [7, 11) is 0. The van der Waals surface area contributed by atoms with Gasteiger partial charge in [0.2, 0.25) is 0 Å². The second-order valence-electron chi connectivity index (χ2n) is 2.84. The molecule has 2 heteroatoms. The zero-order chi connectivity index (χ0) is 8.39. The third-order valence-electron chi connectivity index (χ3n) is 1.83. The van der Waals surface area contributed by atoms with Gasteiger partial charge in [-0.2, -0.15) is 5.10 Å². The monoisotopic (exact) mass is 158 g/mol. The summed E-state index contributed by atoms with van der Waals surface area (Å²) in [6.07, 6.45) is 5.72. The minimum absolute atomic E-state index is 1.06. The molecule has 1 aliphatic heterocycles. The van der Waals surface area contributed by atoms with Crippen LogP contribution in [-0.4, -0.2) is 6.21 Å². The lowest BCUT2D eigenvalue weighted by atomic mass is 10.1. The van der Waals surface area contributed by atoms with E-state index in [0.29, 0.717) is 0 Å². The number of nitrogens with zero attached hydrogens (tertiary/aromatic N) is 1. The van der Waals surface area contributed by atoms with Gasteiger partial charge >= 0.3 is 0 Å². The number of hydrogen-bond donors (Lipinski definition) is 1. The lowest BCUT2D eigenvalue weighted by Gasteiger charge is -2.03. The number of anilines is 1. The van der Waals surface area contributed by atoms with Crippen molar-refractivity contribution in [3.05, 3.63) is 35.4 Å². The first-order valence-corrected chi connectivity index (χ1v) is 3.93. The summed E-state index contributed by atoms with van der Waals surface area (Å²) in [5.41, 5.74) is 6.47. The summed E-state index contributed by atoms with van der Waals surface area (Å²) in [6.45, 7) is 2.08. The maximum atomic E-state index is 3.98. The first kappa shape index (κ1) is 7.10. The minimum atomic E-state index is 1.06. The molecule has 1 N–H and O–H groups in total. The van der Waals surface area contributed by atoms with Gasteiger partial charge in [-0.1, -0.05) is 17.7 Å². The number of hydrogen-bond acceptors (Lipinski definition) is 2. The van der Waals surface area contributed by atoms with E-state index in [9.17, 15) is 0 Å². The smallest absolute Gasteiger partial charge is 0.0634 e. The van der Waals surface area contributed by atoms with E-state index in [0.717, 1.165) is 5.69 Å². The molecule has 12 heavy (non-hydrogen) atoms. The molecule has 0 saturated heterocycles. The van der Waals surface area contributed by atoms with E-state index in [1.165, 1.54) is 11.1 Å². The molecular formula is C10H10N2. The molecule has 0 aliphatic carbocycles. The van der Waals surface area contributed by atoms with Gasteiger partial charge in [-0.15, -0.1) is 0 Å². The molecule has 1 aromatic rings. The average Bonchev–Trinajstić information content (AvgIpc) is 2.28. The molecule has 1 heterocycles. The number of allylic oxidation sites excluding steroid dienone is 1. The summed E-state index contributed by atoms with van der Waals surface area (Å²) >= 11 is 0. The molecule has 2 rings (SSSR count). The van der Waals surface area contributed by atoms with Gasteiger partial charge in [0.05, 0.1) is 5.69 Å². The van der Waals surface area contributed by atoms with Crippen molar-refractivity contribution in [2.75, 3.05) is 5.43 Å². The highest BCUT2D eigenvalue weighted by Crippen LogP contribution is 2.19. The first-order chi connectivity index (χ1) is 5.86. The van der Waals surface area contributed by atoms with E-state index in [-0.39, 0.29) is 0 Å². The van der Waals surface area contributed by atoms with Crippen LogP contribution in [0.4, 0.5) is 5.69 Å². The van der Waals surface area contributed by atoms with Gasteiger partial charge in [0.1, 0.15) is 0 Å². The average molecular weight is 158 g/mol. The molecule has 1 aromatic carbocycles. The van der Waals surface area contributed by atoms with E-state index in [1.54, 1.807) is 6.21 Å². The molecule has 2 nitrogen and oxygen atoms in total. The van der Waals surface area contributed by atoms with Gasteiger partial charge in [0.15, 0.2) is 0 Å². The zero-order valence-electron chi connectivity index (χ0n) is 6.91. The van der Waals surface area contributed by atoms with Crippen molar-refractivity contribution in [1.82, 2.24) is 0 Å². The Labute approximate surface area is 71.6 Å². The number of rotatable bonds is 0. The second kappa shape index (κ2) is 2.81. The van der Waals surface area contributed by atoms with Crippen LogP contribution in [0.15, 0.2) is 29.4 Å². The molecule has 0 aromatic heterocycles. The quantitative estimate of drug-likeness (QED) is 0.616. The molecule has 0 amide bonds. The third-order valence-corrected chi connectivity index (χ3v) is 1.83. The standard InChI is InChI=1S/C10H10N2/c1-8-4-5-10-9(7-8)3-2-6-11-12-10/h2-7,12H,1H3. The Bertz CT molecular complexity index is 351. The predicted octanol–water partition coefficient (Wildman–Crippen LogP) is 2.42. The number of hydrazone groups is 1. The van der Waals surface area contributed by atoms with Crippen molar-refractivity contribution in [1.29, 1.82) is 0 Å². The van der Waals surface area contributed by atoms with Crippen molar-refractivity contribution >= 4 is 18.0 Å². The molecule has 0 bridgehead atoms. The number of aryl methyl sites for hydroxylation is 1. The summed E-state index contributed by atoms with van der Waals surface area (Å²) in [5.74, 6) is 0. The lowest BCUT2D eigenvalue weighted by molar-refractivity contribution is 1.34. The second-order valence-corrected chi connectivity index (χ2v) is 2.84. The number of benzene rings is 1. The van der Waals surface area contributed by atoms with Crippen molar-refractivity contribution in [3.8, 4) is 0 Å². The SMILES string of the molecule is Cc1ccc2c(c1)C=CC=NN2. The lowest BCUT2D eigenvalue weighted by Crippen LogP contribution is -1.89. The van der Waals surface area contributed by atoms with Gasteiger partial charge < -0.3 is 0 Å². The summed E-state index contributed by atoms with van der Waals surface area (Å²) in [5, 5.41) is 3.98. The highest BCUT2D eigenvalue weighted by atomic mass is 15.3. The summed E-state index contributed by atoms with van der Waals surface area (Å²) < 4.78 is 0. The maximum Gasteiger partial charge on any atom is 0.0634 e. The van der Waals surface area contributed by atoms with Crippen LogP contribution in [0.3, 0.4) is 0 Å². The Balaban J connectivity index is 2.53. The number of fused-ring (bicyclic) bond motifs is 1. The van der Waals surface area contributed by atoms with E-state index < -0.39 is 0 Å². The fourth-order valence-corrected chi connectivity index (χ4v) is 1.22.